The van der Waals surface area contributed by atoms with Gasteiger partial charge in [0.2, 0.25) is 5.91 Å². The number of alkyl carbamates (subject to hydrolysis) is 1. The third kappa shape index (κ3) is 7.37. The van der Waals surface area contributed by atoms with E-state index in [4.69, 9.17) is 21.1 Å². The summed E-state index contributed by atoms with van der Waals surface area (Å²) in [5, 5.41) is 3.72. The summed E-state index contributed by atoms with van der Waals surface area (Å²) in [6.45, 7) is 10.1. The highest BCUT2D eigenvalue weighted by atomic mass is 35.5. The number of likely N-dealkylation sites (tertiary alicyclic amines) is 1. The average molecular weight is 618 g/mol. The van der Waals surface area contributed by atoms with E-state index in [1.54, 1.807) is 0 Å². The van der Waals surface area contributed by atoms with Gasteiger partial charge in [0.15, 0.2) is 0 Å². The number of nitrogens with zero attached hydrogens (tertiary/aromatic N) is 2. The molecule has 0 radical (unpaired) electrons. The molecule has 2 heterocycles. The number of amides is 3. The first-order chi connectivity index (χ1) is 20.4. The molecule has 2 aliphatic heterocycles. The van der Waals surface area contributed by atoms with Crippen molar-refractivity contribution in [2.75, 3.05) is 26.2 Å². The van der Waals surface area contributed by atoms with Gasteiger partial charge in [-0.05, 0) is 95.5 Å². The van der Waals surface area contributed by atoms with Crippen molar-refractivity contribution in [1.82, 2.24) is 15.1 Å². The molecule has 5 aliphatic rings. The summed E-state index contributed by atoms with van der Waals surface area (Å²) < 4.78 is 11.2. The molecule has 2 saturated heterocycles. The molecule has 0 aromatic carbocycles. The van der Waals surface area contributed by atoms with Crippen molar-refractivity contribution in [2.45, 2.75) is 128 Å². The molecule has 0 aromatic heterocycles. The summed E-state index contributed by atoms with van der Waals surface area (Å²) >= 11 is 6.27. The van der Waals surface area contributed by atoms with E-state index in [-0.39, 0.29) is 28.9 Å². The zero-order valence-electron chi connectivity index (χ0n) is 26.7. The highest BCUT2D eigenvalue weighted by Crippen LogP contribution is 2.50. The first kappa shape index (κ1) is 32.2. The van der Waals surface area contributed by atoms with Crippen LogP contribution in [0, 0.1) is 17.3 Å². The van der Waals surface area contributed by atoms with Gasteiger partial charge >= 0.3 is 12.2 Å². The molecule has 3 amide bonds. The number of halogens is 1. The number of cyclic esters (lactones) is 1. The molecule has 1 spiro atoms. The van der Waals surface area contributed by atoms with Gasteiger partial charge in [0.1, 0.15) is 18.2 Å². The van der Waals surface area contributed by atoms with Crippen LogP contribution in [0.5, 0.6) is 0 Å². The summed E-state index contributed by atoms with van der Waals surface area (Å²) in [6, 6.07) is -0.716. The third-order valence-electron chi connectivity index (χ3n) is 10.8. The number of piperidine rings is 1. The number of nitrogens with one attached hydrogen (secondary N) is 1. The summed E-state index contributed by atoms with van der Waals surface area (Å²) in [7, 11) is 0. The smallest absolute Gasteiger partial charge is 0.410 e. The largest absolute Gasteiger partial charge is 0.447 e. The van der Waals surface area contributed by atoms with Crippen LogP contribution in [0.1, 0.15) is 111 Å². The van der Waals surface area contributed by atoms with Gasteiger partial charge in [0.05, 0.1) is 5.54 Å². The second kappa shape index (κ2) is 13.0. The number of allylic oxidation sites excluding steroid dienone is 3. The maximum Gasteiger partial charge on any atom is 0.410 e. The lowest BCUT2D eigenvalue weighted by Crippen LogP contribution is -2.58. The summed E-state index contributed by atoms with van der Waals surface area (Å²) in [5.74, 6) is 0.673. The molecule has 5 rings (SSSR count). The van der Waals surface area contributed by atoms with E-state index < -0.39 is 17.7 Å². The molecule has 1 unspecified atom stereocenters. The number of rotatable bonds is 7. The van der Waals surface area contributed by atoms with Gasteiger partial charge in [-0.3, -0.25) is 9.69 Å². The standard InChI is InChI=1S/C34H52ClN3O5/c1-24-20-27(35)13-12-25(24)21-28(36-30(40)43-32(2,3)4)29(39)37-18-16-33(17-19-37,26-10-6-5-7-11-26)22-38-31(41)42-23-34(38)14-8-9-15-34/h12-13,24,26,28H,5-11,14-23H2,1-4H3,(H,36,40)/t24?,28-/m1/s1. The van der Waals surface area contributed by atoms with Crippen LogP contribution < -0.4 is 5.32 Å². The molecule has 1 N–H and O–H groups in total. The predicted octanol–water partition coefficient (Wildman–Crippen LogP) is 7.31. The van der Waals surface area contributed by atoms with Crippen LogP contribution in [-0.4, -0.2) is 71.3 Å². The van der Waals surface area contributed by atoms with Gasteiger partial charge in [-0.25, -0.2) is 9.59 Å². The molecule has 2 saturated carbocycles. The molecule has 4 fully saturated rings. The Hall–Kier alpha value is -2.22. The van der Waals surface area contributed by atoms with Crippen LogP contribution in [0.15, 0.2) is 22.8 Å². The first-order valence-electron chi connectivity index (χ1n) is 16.7. The van der Waals surface area contributed by atoms with Crippen molar-refractivity contribution in [3.05, 3.63) is 22.8 Å². The monoisotopic (exact) mass is 617 g/mol. The fraction of sp³-hybridized carbons (Fsp3) is 0.794. The Labute approximate surface area is 262 Å². The number of carbonyl (C=O) groups is 3. The molecule has 0 bridgehead atoms. The summed E-state index contributed by atoms with van der Waals surface area (Å²) in [5.41, 5.74) is 0.271. The number of ether oxygens (including phenoxy) is 2. The molecule has 3 aliphatic carbocycles. The van der Waals surface area contributed by atoms with E-state index in [1.807, 2.05) is 37.8 Å². The van der Waals surface area contributed by atoms with Crippen LogP contribution in [0.2, 0.25) is 0 Å². The van der Waals surface area contributed by atoms with E-state index in [1.165, 1.54) is 32.1 Å². The van der Waals surface area contributed by atoms with Crippen LogP contribution in [-0.2, 0) is 14.3 Å². The molecule has 8 nitrogen and oxygen atoms in total. The molecule has 9 heteroatoms. The number of carbonyl (C=O) groups excluding carboxylic acids is 3. The molecule has 0 aromatic rings. The van der Waals surface area contributed by atoms with Crippen LogP contribution >= 0.6 is 11.6 Å². The van der Waals surface area contributed by atoms with Gasteiger partial charge in [0, 0.05) is 24.7 Å². The zero-order valence-corrected chi connectivity index (χ0v) is 27.5. The van der Waals surface area contributed by atoms with Crippen LogP contribution in [0.3, 0.4) is 0 Å². The van der Waals surface area contributed by atoms with Crippen LogP contribution in [0.25, 0.3) is 0 Å². The van der Waals surface area contributed by atoms with Crippen molar-refractivity contribution >= 4 is 29.7 Å². The molecule has 43 heavy (non-hydrogen) atoms. The van der Waals surface area contributed by atoms with Crippen molar-refractivity contribution < 1.29 is 23.9 Å². The van der Waals surface area contributed by atoms with E-state index >= 15 is 0 Å². The Kier molecular flexibility index (Phi) is 9.75. The van der Waals surface area contributed by atoms with Gasteiger partial charge in [-0.1, -0.05) is 62.3 Å². The minimum atomic E-state index is -0.716. The minimum Gasteiger partial charge on any atom is -0.447 e. The Bertz CT molecular complexity index is 1110. The zero-order chi connectivity index (χ0) is 30.8. The van der Waals surface area contributed by atoms with Crippen molar-refractivity contribution in [3.8, 4) is 0 Å². The maximum absolute atomic E-state index is 14.1. The van der Waals surface area contributed by atoms with Gasteiger partial charge in [-0.15, -0.1) is 0 Å². The lowest BCUT2D eigenvalue weighted by Gasteiger charge is -2.51. The fourth-order valence-corrected chi connectivity index (χ4v) is 8.65. The van der Waals surface area contributed by atoms with Crippen LogP contribution in [0.4, 0.5) is 9.59 Å². The lowest BCUT2D eigenvalue weighted by molar-refractivity contribution is -0.137. The Morgan fingerprint density at radius 3 is 2.37 bits per heavy atom. The van der Waals surface area contributed by atoms with Gasteiger partial charge in [0.25, 0.3) is 0 Å². The third-order valence-corrected chi connectivity index (χ3v) is 11.1. The molecule has 240 valence electrons. The second-order valence-electron chi connectivity index (χ2n) is 15.0. The van der Waals surface area contributed by atoms with E-state index in [0.717, 1.165) is 62.1 Å². The summed E-state index contributed by atoms with van der Waals surface area (Å²) in [4.78, 5) is 44.2. The quantitative estimate of drug-likeness (QED) is 0.323. The Morgan fingerprint density at radius 1 is 1.07 bits per heavy atom. The van der Waals surface area contributed by atoms with Gasteiger partial charge in [-0.2, -0.15) is 0 Å². The second-order valence-corrected chi connectivity index (χ2v) is 15.4. The maximum atomic E-state index is 14.1. The normalized spacial score (nSPS) is 26.5. The Morgan fingerprint density at radius 2 is 1.74 bits per heavy atom. The fourth-order valence-electron chi connectivity index (χ4n) is 8.35. The van der Waals surface area contributed by atoms with Gasteiger partial charge < -0.3 is 19.7 Å². The van der Waals surface area contributed by atoms with E-state index in [9.17, 15) is 14.4 Å². The minimum absolute atomic E-state index is 0.0216. The number of hydrogen-bond acceptors (Lipinski definition) is 5. The SMILES string of the molecule is CC1CC(Cl)=CC=C1C[C@@H](NC(=O)OC(C)(C)C)C(=O)N1CCC(CN2C(=O)OCC23CCCC3)(C2CCCCC2)CC1. The summed E-state index contributed by atoms with van der Waals surface area (Å²) in [6.07, 6.45) is 16.5. The lowest BCUT2D eigenvalue weighted by atomic mass is 9.63. The van der Waals surface area contributed by atoms with E-state index in [2.05, 4.69) is 17.1 Å². The Balaban J connectivity index is 1.33. The highest BCUT2D eigenvalue weighted by Gasteiger charge is 2.54. The molecule has 2 atom stereocenters. The average Bonchev–Trinajstić information content (AvgIpc) is 3.56. The highest BCUT2D eigenvalue weighted by molar-refractivity contribution is 6.29. The van der Waals surface area contributed by atoms with Crippen molar-refractivity contribution in [1.29, 1.82) is 0 Å². The van der Waals surface area contributed by atoms with Crippen molar-refractivity contribution in [3.63, 3.8) is 0 Å². The van der Waals surface area contributed by atoms with E-state index in [0.29, 0.717) is 32.0 Å². The van der Waals surface area contributed by atoms with Crippen molar-refractivity contribution in [2.24, 2.45) is 17.3 Å². The number of hydrogen-bond donors (Lipinski definition) is 1. The predicted molar refractivity (Wildman–Crippen MR) is 168 cm³/mol. The molecular weight excluding hydrogens is 566 g/mol. The topological polar surface area (TPSA) is 88.2 Å². The first-order valence-corrected chi connectivity index (χ1v) is 17.1. The molecular formula is C34H52ClN3O5.